The molecule has 186 valence electrons. The summed E-state index contributed by atoms with van der Waals surface area (Å²) in [7, 11) is 0. The van der Waals surface area contributed by atoms with Gasteiger partial charge in [-0.25, -0.2) is 4.39 Å². The number of hydrogen-bond acceptors (Lipinski definition) is 4. The van der Waals surface area contributed by atoms with Crippen LogP contribution in [0, 0.1) is 5.82 Å². The van der Waals surface area contributed by atoms with Crippen molar-refractivity contribution < 1.29 is 23.5 Å². The van der Waals surface area contributed by atoms with Crippen molar-refractivity contribution in [3.8, 4) is 11.5 Å². The van der Waals surface area contributed by atoms with E-state index in [0.29, 0.717) is 44.1 Å². The minimum absolute atomic E-state index is 0.130. The monoisotopic (exact) mass is 472 g/mol. The van der Waals surface area contributed by atoms with Crippen LogP contribution in [0.5, 0.6) is 11.5 Å². The molecule has 0 spiro atoms. The zero-order valence-electron chi connectivity index (χ0n) is 20.7. The Morgan fingerprint density at radius 2 is 1.59 bits per heavy atom. The summed E-state index contributed by atoms with van der Waals surface area (Å²) in [5, 5.41) is 2.90. The third-order valence-electron chi connectivity index (χ3n) is 5.44. The highest BCUT2D eigenvalue weighted by Gasteiger charge is 2.28. The number of nitrogens with zero attached hydrogens (tertiary/aromatic N) is 1. The van der Waals surface area contributed by atoms with Gasteiger partial charge in [-0.15, -0.1) is 0 Å². The smallest absolute Gasteiger partial charge is 0.242 e. The van der Waals surface area contributed by atoms with Gasteiger partial charge in [0.2, 0.25) is 11.8 Å². The molecule has 2 aromatic carbocycles. The van der Waals surface area contributed by atoms with Gasteiger partial charge in [0.25, 0.3) is 0 Å². The lowest BCUT2D eigenvalue weighted by molar-refractivity contribution is -0.141. The van der Waals surface area contributed by atoms with Gasteiger partial charge in [-0.1, -0.05) is 32.0 Å². The number of aryl methyl sites for hydroxylation is 1. The van der Waals surface area contributed by atoms with Crippen LogP contribution in [0.15, 0.2) is 42.5 Å². The molecule has 6 nitrogen and oxygen atoms in total. The molecule has 2 aromatic rings. The Morgan fingerprint density at radius 1 is 0.941 bits per heavy atom. The van der Waals surface area contributed by atoms with Gasteiger partial charge in [0.15, 0.2) is 11.5 Å². The van der Waals surface area contributed by atoms with Gasteiger partial charge in [0.05, 0.1) is 13.2 Å². The van der Waals surface area contributed by atoms with Gasteiger partial charge >= 0.3 is 0 Å². The zero-order valence-corrected chi connectivity index (χ0v) is 20.7. The van der Waals surface area contributed by atoms with Crippen LogP contribution < -0.4 is 14.8 Å². The molecule has 0 fully saturated rings. The molecule has 1 atom stereocenters. The highest BCUT2D eigenvalue weighted by Crippen LogP contribution is 2.29. The summed E-state index contributed by atoms with van der Waals surface area (Å²) in [5.74, 6) is 0.697. The van der Waals surface area contributed by atoms with Crippen LogP contribution in [0.1, 0.15) is 58.1 Å². The summed E-state index contributed by atoms with van der Waals surface area (Å²) >= 11 is 0. The Hall–Kier alpha value is -3.09. The van der Waals surface area contributed by atoms with E-state index in [2.05, 4.69) is 5.32 Å². The van der Waals surface area contributed by atoms with Crippen molar-refractivity contribution in [3.63, 3.8) is 0 Å². The molecule has 0 bridgehead atoms. The molecule has 0 heterocycles. The summed E-state index contributed by atoms with van der Waals surface area (Å²) in [4.78, 5) is 27.8. The normalized spacial score (nSPS) is 11.6. The first kappa shape index (κ1) is 27.2. The lowest BCUT2D eigenvalue weighted by Gasteiger charge is -2.30. The van der Waals surface area contributed by atoms with Gasteiger partial charge in [-0.3, -0.25) is 9.59 Å². The predicted octanol–water partition coefficient (Wildman–Crippen LogP) is 4.89. The lowest BCUT2D eigenvalue weighted by atomic mass is 10.1. The molecule has 2 amide bonds. The lowest BCUT2D eigenvalue weighted by Crippen LogP contribution is -2.49. The molecular weight excluding hydrogens is 435 g/mol. The molecule has 0 aliphatic rings. The number of carbonyl (C=O) groups is 2. The van der Waals surface area contributed by atoms with Crippen molar-refractivity contribution >= 4 is 11.8 Å². The fraction of sp³-hybridized carbons (Fsp3) is 0.481. The van der Waals surface area contributed by atoms with Gasteiger partial charge in [-0.2, -0.15) is 0 Å². The van der Waals surface area contributed by atoms with Crippen LogP contribution in [-0.4, -0.2) is 42.5 Å². The van der Waals surface area contributed by atoms with E-state index in [9.17, 15) is 14.0 Å². The fourth-order valence-corrected chi connectivity index (χ4v) is 3.72. The summed E-state index contributed by atoms with van der Waals surface area (Å²) in [5.41, 5.74) is 1.72. The Morgan fingerprint density at radius 3 is 2.21 bits per heavy atom. The second kappa shape index (κ2) is 14.2. The van der Waals surface area contributed by atoms with Gasteiger partial charge in [0.1, 0.15) is 11.9 Å². The molecule has 0 saturated heterocycles. The molecule has 7 heteroatoms. The van der Waals surface area contributed by atoms with E-state index in [0.717, 1.165) is 17.5 Å². The van der Waals surface area contributed by atoms with E-state index < -0.39 is 6.04 Å². The number of carbonyl (C=O) groups excluding carboxylic acids is 2. The summed E-state index contributed by atoms with van der Waals surface area (Å²) < 4.78 is 24.7. The van der Waals surface area contributed by atoms with Crippen LogP contribution in [-0.2, 0) is 22.6 Å². The Labute approximate surface area is 202 Å². The van der Waals surface area contributed by atoms with E-state index in [4.69, 9.17) is 9.47 Å². The number of amides is 2. The van der Waals surface area contributed by atoms with E-state index in [1.165, 1.54) is 12.1 Å². The topological polar surface area (TPSA) is 67.9 Å². The third kappa shape index (κ3) is 8.04. The molecule has 0 aliphatic heterocycles. The molecule has 0 aliphatic carbocycles. The van der Waals surface area contributed by atoms with Crippen LogP contribution in [0.2, 0.25) is 0 Å². The average Bonchev–Trinajstić information content (AvgIpc) is 2.84. The van der Waals surface area contributed by atoms with Crippen LogP contribution >= 0.6 is 0 Å². The first-order valence-corrected chi connectivity index (χ1v) is 12.1. The summed E-state index contributed by atoms with van der Waals surface area (Å²) in [6, 6.07) is 11.1. The number of ether oxygens (including phenoxy) is 2. The summed E-state index contributed by atoms with van der Waals surface area (Å²) in [6.07, 6.45) is 2.03. The van der Waals surface area contributed by atoms with Crippen LogP contribution in [0.3, 0.4) is 0 Å². The SMILES string of the molecule is CCCNC(=O)[C@@H](CC)N(Cc1ccc(F)cc1)C(=O)CCc1ccc(OCC)c(OCC)c1. The largest absolute Gasteiger partial charge is 0.490 e. The van der Waals surface area contributed by atoms with Gasteiger partial charge in [-0.05, 0) is 68.5 Å². The highest BCUT2D eigenvalue weighted by atomic mass is 19.1. The second-order valence-corrected chi connectivity index (χ2v) is 8.01. The molecule has 0 unspecified atom stereocenters. The predicted molar refractivity (Wildman–Crippen MR) is 131 cm³/mol. The van der Waals surface area contributed by atoms with Gasteiger partial charge in [0, 0.05) is 19.5 Å². The third-order valence-corrected chi connectivity index (χ3v) is 5.44. The standard InChI is InChI=1S/C27H37FN2O4/c1-5-17-29-27(32)23(6-2)30(19-21-9-13-22(28)14-10-21)26(31)16-12-20-11-15-24(33-7-3)25(18-20)34-8-4/h9-11,13-15,18,23H,5-8,12,16-17,19H2,1-4H3,(H,29,32)/t23-/m1/s1. The molecule has 1 N–H and O–H groups in total. The number of hydrogen-bond donors (Lipinski definition) is 1. The minimum atomic E-state index is -0.594. The van der Waals surface area contributed by atoms with Crippen molar-refractivity contribution in [3.05, 3.63) is 59.4 Å². The number of rotatable bonds is 14. The quantitative estimate of drug-likeness (QED) is 0.425. The minimum Gasteiger partial charge on any atom is -0.490 e. The van der Waals surface area contributed by atoms with Crippen molar-refractivity contribution in [1.29, 1.82) is 0 Å². The van der Waals surface area contributed by atoms with Crippen molar-refractivity contribution in [1.82, 2.24) is 10.2 Å². The average molecular weight is 473 g/mol. The van der Waals surface area contributed by atoms with E-state index in [-0.39, 0.29) is 30.6 Å². The van der Waals surface area contributed by atoms with E-state index >= 15 is 0 Å². The maximum absolute atomic E-state index is 13.4. The first-order valence-electron chi connectivity index (χ1n) is 12.1. The second-order valence-electron chi connectivity index (χ2n) is 8.01. The van der Waals surface area contributed by atoms with Crippen molar-refractivity contribution in [2.75, 3.05) is 19.8 Å². The number of benzene rings is 2. The van der Waals surface area contributed by atoms with Crippen molar-refractivity contribution in [2.45, 2.75) is 66.0 Å². The molecule has 0 radical (unpaired) electrons. The van der Waals surface area contributed by atoms with Crippen LogP contribution in [0.25, 0.3) is 0 Å². The van der Waals surface area contributed by atoms with E-state index in [1.54, 1.807) is 17.0 Å². The maximum Gasteiger partial charge on any atom is 0.242 e. The molecule has 2 rings (SSSR count). The van der Waals surface area contributed by atoms with Crippen molar-refractivity contribution in [2.24, 2.45) is 0 Å². The molecule has 0 aromatic heterocycles. The Balaban J connectivity index is 2.20. The zero-order chi connectivity index (χ0) is 24.9. The maximum atomic E-state index is 13.4. The first-order chi connectivity index (χ1) is 16.4. The molecular formula is C27H37FN2O4. The molecule has 0 saturated carbocycles. The van der Waals surface area contributed by atoms with E-state index in [1.807, 2.05) is 45.9 Å². The number of nitrogens with one attached hydrogen (secondary N) is 1. The van der Waals surface area contributed by atoms with Gasteiger partial charge < -0.3 is 19.7 Å². The Kier molecular flexibility index (Phi) is 11.4. The fourth-order valence-electron chi connectivity index (χ4n) is 3.72. The molecule has 34 heavy (non-hydrogen) atoms. The number of halogens is 1. The van der Waals surface area contributed by atoms with Crippen LogP contribution in [0.4, 0.5) is 4.39 Å². The summed E-state index contributed by atoms with van der Waals surface area (Å²) in [6.45, 7) is 9.54. The Bertz CT molecular complexity index is 917. The highest BCUT2D eigenvalue weighted by molar-refractivity contribution is 5.87.